The minimum Gasteiger partial charge on any atom is -0.481 e. The van der Waals surface area contributed by atoms with E-state index in [1.54, 1.807) is 28.8 Å². The third-order valence-corrected chi connectivity index (χ3v) is 5.50. The van der Waals surface area contributed by atoms with Crippen LogP contribution < -0.4 is 0 Å². The van der Waals surface area contributed by atoms with Crippen LogP contribution in [0.5, 0.6) is 0 Å². The summed E-state index contributed by atoms with van der Waals surface area (Å²) in [6.45, 7) is 0.803. The van der Waals surface area contributed by atoms with Gasteiger partial charge in [-0.05, 0) is 36.6 Å². The van der Waals surface area contributed by atoms with Gasteiger partial charge in [0, 0.05) is 25.7 Å². The molecule has 0 radical (unpaired) electrons. The topological polar surface area (TPSA) is 88.3 Å². The Labute approximate surface area is 156 Å². The van der Waals surface area contributed by atoms with E-state index in [0.717, 1.165) is 11.1 Å². The summed E-state index contributed by atoms with van der Waals surface area (Å²) in [7, 11) is 1.80. The van der Waals surface area contributed by atoms with Crippen molar-refractivity contribution in [1.82, 2.24) is 19.9 Å². The SMILES string of the molecule is Cn1nnc2cc(C(=O)N3CCC(C(=O)O)(c4ccccc4)CC3)ccc21. The zero-order valence-corrected chi connectivity index (χ0v) is 15.0. The Hall–Kier alpha value is -3.22. The van der Waals surface area contributed by atoms with E-state index in [0.29, 0.717) is 37.0 Å². The Kier molecular flexibility index (Phi) is 4.14. The van der Waals surface area contributed by atoms with Gasteiger partial charge in [0.25, 0.3) is 5.91 Å². The van der Waals surface area contributed by atoms with E-state index >= 15 is 0 Å². The molecule has 0 spiro atoms. The van der Waals surface area contributed by atoms with Gasteiger partial charge >= 0.3 is 5.97 Å². The highest BCUT2D eigenvalue weighted by Crippen LogP contribution is 2.36. The van der Waals surface area contributed by atoms with Gasteiger partial charge in [0.05, 0.1) is 10.9 Å². The Morgan fingerprint density at radius 2 is 1.78 bits per heavy atom. The van der Waals surface area contributed by atoms with Crippen molar-refractivity contribution in [2.75, 3.05) is 13.1 Å². The number of piperidine rings is 1. The summed E-state index contributed by atoms with van der Waals surface area (Å²) in [5.74, 6) is -0.934. The third kappa shape index (κ3) is 2.85. The second kappa shape index (κ2) is 6.50. The van der Waals surface area contributed by atoms with Crippen molar-refractivity contribution in [2.45, 2.75) is 18.3 Å². The van der Waals surface area contributed by atoms with E-state index in [4.69, 9.17) is 0 Å². The molecule has 1 N–H and O–H groups in total. The van der Waals surface area contributed by atoms with Crippen LogP contribution in [0.4, 0.5) is 0 Å². The average molecular weight is 364 g/mol. The molecule has 0 aliphatic carbocycles. The molecule has 1 amide bonds. The molecule has 138 valence electrons. The predicted molar refractivity (Wildman–Crippen MR) is 99.4 cm³/mol. The predicted octanol–water partition coefficient (Wildman–Crippen LogP) is 2.23. The first kappa shape index (κ1) is 17.2. The number of fused-ring (bicyclic) bond motifs is 1. The molecule has 2 aromatic carbocycles. The van der Waals surface area contributed by atoms with E-state index in [9.17, 15) is 14.7 Å². The molecule has 4 rings (SSSR count). The number of hydrogen-bond acceptors (Lipinski definition) is 4. The molecule has 0 saturated carbocycles. The lowest BCUT2D eigenvalue weighted by Crippen LogP contribution is -2.49. The largest absolute Gasteiger partial charge is 0.481 e. The van der Waals surface area contributed by atoms with E-state index in [2.05, 4.69) is 10.3 Å². The number of likely N-dealkylation sites (tertiary alicyclic amines) is 1. The lowest BCUT2D eigenvalue weighted by Gasteiger charge is -2.39. The Morgan fingerprint density at radius 3 is 2.44 bits per heavy atom. The van der Waals surface area contributed by atoms with E-state index < -0.39 is 11.4 Å². The highest BCUT2D eigenvalue weighted by Gasteiger charge is 2.43. The molecule has 1 saturated heterocycles. The van der Waals surface area contributed by atoms with Crippen LogP contribution in [0, 0.1) is 0 Å². The minimum absolute atomic E-state index is 0.102. The fraction of sp³-hybridized carbons (Fsp3) is 0.300. The quantitative estimate of drug-likeness (QED) is 0.770. The number of aliphatic carboxylic acids is 1. The molecule has 1 aliphatic heterocycles. The minimum atomic E-state index is -0.938. The fourth-order valence-corrected chi connectivity index (χ4v) is 3.83. The number of hydrogen-bond donors (Lipinski definition) is 1. The molecule has 7 heteroatoms. The highest BCUT2D eigenvalue weighted by atomic mass is 16.4. The standard InChI is InChI=1S/C20H20N4O3/c1-23-17-8-7-14(13-16(17)21-22-23)18(25)24-11-9-20(10-12-24,19(26)27)15-5-3-2-4-6-15/h2-8,13H,9-12H2,1H3,(H,26,27). The Bertz CT molecular complexity index is 1000. The second-order valence-electron chi connectivity index (χ2n) is 6.96. The van der Waals surface area contributed by atoms with Crippen molar-refractivity contribution in [3.63, 3.8) is 0 Å². The molecule has 1 aliphatic rings. The smallest absolute Gasteiger partial charge is 0.314 e. The highest BCUT2D eigenvalue weighted by molar-refractivity contribution is 5.97. The molecule has 1 aromatic heterocycles. The summed E-state index contributed by atoms with van der Waals surface area (Å²) < 4.78 is 1.66. The number of aryl methyl sites for hydroxylation is 1. The number of carboxylic acids is 1. The summed E-state index contributed by atoms with van der Waals surface area (Å²) in [6.07, 6.45) is 0.789. The first-order valence-corrected chi connectivity index (χ1v) is 8.89. The molecule has 3 aromatic rings. The molecular formula is C20H20N4O3. The van der Waals surface area contributed by atoms with Crippen LogP contribution in [-0.4, -0.2) is 50.0 Å². The number of amides is 1. The number of rotatable bonds is 3. The zero-order chi connectivity index (χ0) is 19.0. The van der Waals surface area contributed by atoms with Crippen LogP contribution in [0.2, 0.25) is 0 Å². The number of nitrogens with zero attached hydrogens (tertiary/aromatic N) is 4. The van der Waals surface area contributed by atoms with Crippen LogP contribution in [0.15, 0.2) is 48.5 Å². The van der Waals surface area contributed by atoms with Gasteiger partial charge in [0.2, 0.25) is 0 Å². The molecule has 0 unspecified atom stereocenters. The molecular weight excluding hydrogens is 344 g/mol. The Morgan fingerprint density at radius 1 is 1.07 bits per heavy atom. The first-order chi connectivity index (χ1) is 13.0. The summed E-state index contributed by atoms with van der Waals surface area (Å²) in [5.41, 5.74) is 1.94. The van der Waals surface area contributed by atoms with E-state index in [1.165, 1.54) is 0 Å². The molecule has 0 atom stereocenters. The van der Waals surface area contributed by atoms with Crippen LogP contribution >= 0.6 is 0 Å². The molecule has 0 bridgehead atoms. The van der Waals surface area contributed by atoms with Crippen molar-refractivity contribution in [2.24, 2.45) is 7.05 Å². The molecule has 27 heavy (non-hydrogen) atoms. The number of carboxylic acid groups (broad SMARTS) is 1. The zero-order valence-electron chi connectivity index (χ0n) is 15.0. The van der Waals surface area contributed by atoms with E-state index in [-0.39, 0.29) is 5.91 Å². The summed E-state index contributed by atoms with van der Waals surface area (Å²) >= 11 is 0. The first-order valence-electron chi connectivity index (χ1n) is 8.89. The average Bonchev–Trinajstić information content (AvgIpc) is 3.08. The van der Waals surface area contributed by atoms with Crippen molar-refractivity contribution in [3.8, 4) is 0 Å². The van der Waals surface area contributed by atoms with Gasteiger partial charge in [0.15, 0.2) is 0 Å². The van der Waals surface area contributed by atoms with E-state index in [1.807, 2.05) is 36.4 Å². The number of carbonyl (C=O) groups is 2. The summed E-state index contributed by atoms with van der Waals surface area (Å²) in [4.78, 5) is 26.7. The van der Waals surface area contributed by atoms with Crippen LogP contribution in [-0.2, 0) is 17.3 Å². The maximum Gasteiger partial charge on any atom is 0.314 e. The third-order valence-electron chi connectivity index (χ3n) is 5.50. The molecule has 7 nitrogen and oxygen atoms in total. The van der Waals surface area contributed by atoms with Crippen LogP contribution in [0.25, 0.3) is 11.0 Å². The maximum atomic E-state index is 12.9. The normalized spacial score (nSPS) is 16.4. The molecule has 1 fully saturated rings. The van der Waals surface area contributed by atoms with Gasteiger partial charge in [-0.2, -0.15) is 0 Å². The van der Waals surface area contributed by atoms with Crippen molar-refractivity contribution in [3.05, 3.63) is 59.7 Å². The number of carbonyl (C=O) groups excluding carboxylic acids is 1. The van der Waals surface area contributed by atoms with Gasteiger partial charge in [-0.15, -0.1) is 5.10 Å². The van der Waals surface area contributed by atoms with Gasteiger partial charge < -0.3 is 10.0 Å². The van der Waals surface area contributed by atoms with Gasteiger partial charge in [-0.25, -0.2) is 4.68 Å². The van der Waals surface area contributed by atoms with Crippen molar-refractivity contribution >= 4 is 22.9 Å². The second-order valence-corrected chi connectivity index (χ2v) is 6.96. The van der Waals surface area contributed by atoms with Crippen molar-refractivity contribution in [1.29, 1.82) is 0 Å². The number of benzene rings is 2. The summed E-state index contributed by atoms with van der Waals surface area (Å²) in [6, 6.07) is 14.6. The lowest BCUT2D eigenvalue weighted by molar-refractivity contribution is -0.145. The van der Waals surface area contributed by atoms with Gasteiger partial charge in [0.1, 0.15) is 5.52 Å². The summed E-state index contributed by atoms with van der Waals surface area (Å²) in [5, 5.41) is 17.9. The number of aromatic nitrogens is 3. The molecule has 2 heterocycles. The maximum absolute atomic E-state index is 12.9. The van der Waals surface area contributed by atoms with Crippen LogP contribution in [0.1, 0.15) is 28.8 Å². The fourth-order valence-electron chi connectivity index (χ4n) is 3.83. The van der Waals surface area contributed by atoms with Crippen LogP contribution in [0.3, 0.4) is 0 Å². The van der Waals surface area contributed by atoms with Gasteiger partial charge in [-0.1, -0.05) is 35.5 Å². The Balaban J connectivity index is 1.55. The monoisotopic (exact) mass is 364 g/mol. The lowest BCUT2D eigenvalue weighted by atomic mass is 9.73. The van der Waals surface area contributed by atoms with Crippen molar-refractivity contribution < 1.29 is 14.7 Å². The van der Waals surface area contributed by atoms with Gasteiger partial charge in [-0.3, -0.25) is 9.59 Å².